The Morgan fingerprint density at radius 3 is 2.60 bits per heavy atom. The Hall–Kier alpha value is -1.49. The van der Waals surface area contributed by atoms with E-state index >= 15 is 0 Å². The van der Waals surface area contributed by atoms with Crippen LogP contribution in [0.5, 0.6) is 0 Å². The van der Waals surface area contributed by atoms with Crippen molar-refractivity contribution < 1.29 is 8.78 Å². The van der Waals surface area contributed by atoms with Crippen molar-refractivity contribution in [1.82, 2.24) is 5.43 Å². The van der Waals surface area contributed by atoms with Gasteiger partial charge in [-0.15, -0.1) is 0 Å². The zero-order chi connectivity index (χ0) is 14.5. The van der Waals surface area contributed by atoms with Crippen LogP contribution in [0.2, 0.25) is 5.02 Å². The third kappa shape index (κ3) is 4.00. The standard InChI is InChI=1S/C15H15ClF2N2/c16-12-3-1-2-10(6-12)7-14(20-19)9-11-8-13(17)4-5-15(11)18/h1-6,8,14,20H,7,9,19H2. The molecule has 2 aromatic rings. The van der Waals surface area contributed by atoms with Gasteiger partial charge >= 0.3 is 0 Å². The molecule has 3 N–H and O–H groups in total. The van der Waals surface area contributed by atoms with Crippen molar-refractivity contribution in [3.8, 4) is 0 Å². The first kappa shape index (κ1) is 14.9. The van der Waals surface area contributed by atoms with E-state index in [9.17, 15) is 8.78 Å². The molecule has 106 valence electrons. The summed E-state index contributed by atoms with van der Waals surface area (Å²) in [5, 5.41) is 0.634. The minimum Gasteiger partial charge on any atom is -0.271 e. The summed E-state index contributed by atoms with van der Waals surface area (Å²) in [4.78, 5) is 0. The van der Waals surface area contributed by atoms with Gasteiger partial charge in [0.15, 0.2) is 0 Å². The van der Waals surface area contributed by atoms with Crippen LogP contribution >= 0.6 is 11.6 Å². The molecule has 0 radical (unpaired) electrons. The van der Waals surface area contributed by atoms with E-state index in [2.05, 4.69) is 5.43 Å². The van der Waals surface area contributed by atoms with Gasteiger partial charge in [0.1, 0.15) is 11.6 Å². The molecule has 0 saturated heterocycles. The first-order chi connectivity index (χ1) is 9.58. The highest BCUT2D eigenvalue weighted by atomic mass is 35.5. The molecule has 0 aliphatic heterocycles. The van der Waals surface area contributed by atoms with Gasteiger partial charge in [0, 0.05) is 11.1 Å². The molecule has 0 bridgehead atoms. The molecule has 0 fully saturated rings. The van der Waals surface area contributed by atoms with E-state index in [0.717, 1.165) is 17.7 Å². The highest BCUT2D eigenvalue weighted by molar-refractivity contribution is 6.30. The van der Waals surface area contributed by atoms with Crippen LogP contribution in [0.1, 0.15) is 11.1 Å². The largest absolute Gasteiger partial charge is 0.271 e. The Morgan fingerprint density at radius 1 is 1.10 bits per heavy atom. The molecule has 0 heterocycles. The molecular weight excluding hydrogens is 282 g/mol. The summed E-state index contributed by atoms with van der Waals surface area (Å²) in [5.41, 5.74) is 3.92. The van der Waals surface area contributed by atoms with Gasteiger partial charge in [-0.2, -0.15) is 0 Å². The van der Waals surface area contributed by atoms with Crippen molar-refractivity contribution in [3.63, 3.8) is 0 Å². The molecule has 20 heavy (non-hydrogen) atoms. The maximum Gasteiger partial charge on any atom is 0.126 e. The van der Waals surface area contributed by atoms with E-state index in [0.29, 0.717) is 23.4 Å². The highest BCUT2D eigenvalue weighted by Crippen LogP contribution is 2.16. The fourth-order valence-corrected chi connectivity index (χ4v) is 2.32. The first-order valence-corrected chi connectivity index (χ1v) is 6.61. The van der Waals surface area contributed by atoms with Crippen LogP contribution in [0, 0.1) is 11.6 Å². The molecule has 2 aromatic carbocycles. The predicted octanol–water partition coefficient (Wildman–Crippen LogP) is 3.24. The Balaban J connectivity index is 2.11. The summed E-state index contributed by atoms with van der Waals surface area (Å²) in [6.07, 6.45) is 0.875. The Kier molecular flexibility index (Phi) is 5.06. The normalized spacial score (nSPS) is 12.4. The van der Waals surface area contributed by atoms with Gasteiger partial charge in [-0.1, -0.05) is 23.7 Å². The minimum atomic E-state index is -0.458. The van der Waals surface area contributed by atoms with Crippen molar-refractivity contribution >= 4 is 11.6 Å². The van der Waals surface area contributed by atoms with Gasteiger partial charge in [0.05, 0.1) is 0 Å². The van der Waals surface area contributed by atoms with Gasteiger partial charge < -0.3 is 0 Å². The predicted molar refractivity (Wildman–Crippen MR) is 76.3 cm³/mol. The van der Waals surface area contributed by atoms with E-state index in [1.165, 1.54) is 6.07 Å². The lowest BCUT2D eigenvalue weighted by Crippen LogP contribution is -2.38. The topological polar surface area (TPSA) is 38.0 Å². The quantitative estimate of drug-likeness (QED) is 0.657. The number of hydrogen-bond donors (Lipinski definition) is 2. The number of hydrogen-bond acceptors (Lipinski definition) is 2. The third-order valence-electron chi connectivity index (χ3n) is 3.08. The van der Waals surface area contributed by atoms with E-state index < -0.39 is 11.6 Å². The molecule has 2 nitrogen and oxygen atoms in total. The fraction of sp³-hybridized carbons (Fsp3) is 0.200. The molecule has 2 rings (SSSR count). The van der Waals surface area contributed by atoms with E-state index in [1.807, 2.05) is 18.2 Å². The van der Waals surface area contributed by atoms with Crippen molar-refractivity contribution in [1.29, 1.82) is 0 Å². The van der Waals surface area contributed by atoms with Crippen LogP contribution < -0.4 is 11.3 Å². The second kappa shape index (κ2) is 6.79. The van der Waals surface area contributed by atoms with E-state index in [4.69, 9.17) is 17.4 Å². The number of rotatable bonds is 5. The monoisotopic (exact) mass is 296 g/mol. The second-order valence-electron chi connectivity index (χ2n) is 4.64. The van der Waals surface area contributed by atoms with Gasteiger partial charge in [0.2, 0.25) is 0 Å². The molecule has 0 aliphatic rings. The van der Waals surface area contributed by atoms with Gasteiger partial charge in [-0.25, -0.2) is 8.78 Å². The lowest BCUT2D eigenvalue weighted by Gasteiger charge is -2.16. The maximum absolute atomic E-state index is 13.6. The number of nitrogens with one attached hydrogen (secondary N) is 1. The highest BCUT2D eigenvalue weighted by Gasteiger charge is 2.13. The number of nitrogens with two attached hydrogens (primary N) is 1. The lowest BCUT2D eigenvalue weighted by atomic mass is 9.99. The van der Waals surface area contributed by atoms with Crippen molar-refractivity contribution in [2.24, 2.45) is 5.84 Å². The maximum atomic E-state index is 13.6. The summed E-state index contributed by atoms with van der Waals surface area (Å²) >= 11 is 5.92. The van der Waals surface area contributed by atoms with Crippen LogP contribution in [-0.4, -0.2) is 6.04 Å². The van der Waals surface area contributed by atoms with Gasteiger partial charge in [-0.3, -0.25) is 11.3 Å². The van der Waals surface area contributed by atoms with Crippen LogP contribution in [0.25, 0.3) is 0 Å². The number of halogens is 3. The smallest absolute Gasteiger partial charge is 0.126 e. The van der Waals surface area contributed by atoms with E-state index in [-0.39, 0.29) is 6.04 Å². The van der Waals surface area contributed by atoms with Crippen LogP contribution in [0.3, 0.4) is 0 Å². The molecule has 1 unspecified atom stereocenters. The zero-order valence-electron chi connectivity index (χ0n) is 10.7. The van der Waals surface area contributed by atoms with Crippen LogP contribution in [0.4, 0.5) is 8.78 Å². The number of hydrazine groups is 1. The van der Waals surface area contributed by atoms with Gasteiger partial charge in [0.25, 0.3) is 0 Å². The molecule has 0 aliphatic carbocycles. The molecule has 5 heteroatoms. The number of benzene rings is 2. The summed E-state index contributed by atoms with van der Waals surface area (Å²) in [5.74, 6) is 4.60. The zero-order valence-corrected chi connectivity index (χ0v) is 11.5. The molecular formula is C15H15ClF2N2. The molecule has 0 amide bonds. The fourth-order valence-electron chi connectivity index (χ4n) is 2.10. The molecule has 0 aromatic heterocycles. The molecule has 0 spiro atoms. The minimum absolute atomic E-state index is 0.204. The van der Waals surface area contributed by atoms with Crippen molar-refractivity contribution in [2.75, 3.05) is 0 Å². The van der Waals surface area contributed by atoms with Crippen molar-refractivity contribution in [3.05, 3.63) is 70.2 Å². The molecule has 0 saturated carbocycles. The summed E-state index contributed by atoms with van der Waals surface area (Å²) in [6, 6.07) is 10.6. The average Bonchev–Trinajstić information content (AvgIpc) is 2.42. The third-order valence-corrected chi connectivity index (χ3v) is 3.32. The van der Waals surface area contributed by atoms with Crippen LogP contribution in [-0.2, 0) is 12.8 Å². The SMILES string of the molecule is NNC(Cc1cccc(Cl)c1)Cc1cc(F)ccc1F. The lowest BCUT2D eigenvalue weighted by molar-refractivity contribution is 0.502. The average molecular weight is 297 g/mol. The second-order valence-corrected chi connectivity index (χ2v) is 5.07. The Labute approximate surface area is 121 Å². The van der Waals surface area contributed by atoms with E-state index in [1.54, 1.807) is 6.07 Å². The van der Waals surface area contributed by atoms with Gasteiger partial charge in [-0.05, 0) is 54.3 Å². The Morgan fingerprint density at radius 2 is 1.90 bits per heavy atom. The first-order valence-electron chi connectivity index (χ1n) is 6.23. The summed E-state index contributed by atoms with van der Waals surface area (Å²) < 4.78 is 26.8. The summed E-state index contributed by atoms with van der Waals surface area (Å²) in [7, 11) is 0. The Bertz CT molecular complexity index is 590. The summed E-state index contributed by atoms with van der Waals surface area (Å²) in [6.45, 7) is 0. The van der Waals surface area contributed by atoms with Crippen LogP contribution in [0.15, 0.2) is 42.5 Å². The van der Waals surface area contributed by atoms with Crippen molar-refractivity contribution in [2.45, 2.75) is 18.9 Å². The molecule has 1 atom stereocenters.